The fraction of sp³-hybridized carbons (Fsp3) is 0.583. The minimum absolute atomic E-state index is 0.0370. The molecule has 238 valence electrons. The van der Waals surface area contributed by atoms with Gasteiger partial charge in [-0.3, -0.25) is 15.1 Å². The number of fused-ring (bicyclic) bond motifs is 1. The molecule has 6 rings (SSSR count). The monoisotopic (exact) mass is 615 g/mol. The van der Waals surface area contributed by atoms with Gasteiger partial charge in [-0.15, -0.1) is 0 Å². The zero-order chi connectivity index (χ0) is 31.2. The van der Waals surface area contributed by atoms with Crippen LogP contribution in [0.4, 0.5) is 0 Å². The third-order valence-electron chi connectivity index (χ3n) is 10.5. The van der Waals surface area contributed by atoms with Gasteiger partial charge in [-0.1, -0.05) is 18.7 Å². The summed E-state index contributed by atoms with van der Waals surface area (Å²) in [6.45, 7) is 12.5. The molecule has 1 saturated heterocycles. The van der Waals surface area contributed by atoms with Crippen molar-refractivity contribution in [1.29, 1.82) is 0 Å². The van der Waals surface area contributed by atoms with Crippen molar-refractivity contribution in [2.75, 3.05) is 20.1 Å². The first-order valence-corrected chi connectivity index (χ1v) is 17.4. The maximum Gasteiger partial charge on any atom is 0.156 e. The topological polar surface area (TPSA) is 90.9 Å². The van der Waals surface area contributed by atoms with E-state index >= 15 is 0 Å². The molecule has 4 fully saturated rings. The molecule has 44 heavy (non-hydrogen) atoms. The summed E-state index contributed by atoms with van der Waals surface area (Å²) in [7, 11) is 1.88. The Labute approximate surface area is 269 Å². The van der Waals surface area contributed by atoms with E-state index in [0.717, 1.165) is 76.9 Å². The Bertz CT molecular complexity index is 1300. The Morgan fingerprint density at radius 2 is 1.91 bits per heavy atom. The molecule has 1 atom stereocenters. The van der Waals surface area contributed by atoms with E-state index in [-0.39, 0.29) is 5.54 Å². The quantitative estimate of drug-likeness (QED) is 0.239. The lowest BCUT2D eigenvalue weighted by Crippen LogP contribution is -2.44. The van der Waals surface area contributed by atoms with E-state index in [4.69, 9.17) is 10.8 Å². The van der Waals surface area contributed by atoms with E-state index in [1.165, 1.54) is 56.9 Å². The van der Waals surface area contributed by atoms with Crippen molar-refractivity contribution in [3.63, 3.8) is 0 Å². The van der Waals surface area contributed by atoms with Gasteiger partial charge in [0.1, 0.15) is 5.03 Å². The lowest BCUT2D eigenvalue weighted by atomic mass is 9.93. The van der Waals surface area contributed by atoms with Crippen molar-refractivity contribution in [3.05, 3.63) is 72.2 Å². The molecule has 1 aromatic heterocycles. The Morgan fingerprint density at radius 3 is 2.57 bits per heavy atom. The first-order chi connectivity index (χ1) is 21.3. The first kappa shape index (κ1) is 32.7. The van der Waals surface area contributed by atoms with Gasteiger partial charge in [0.15, 0.2) is 5.84 Å². The number of rotatable bonds is 10. The molecule has 3 aliphatic carbocycles. The van der Waals surface area contributed by atoms with Gasteiger partial charge in [0.2, 0.25) is 0 Å². The highest BCUT2D eigenvalue weighted by Gasteiger charge is 2.85. The molecule has 0 amide bonds. The van der Waals surface area contributed by atoms with Crippen LogP contribution < -0.4 is 15.9 Å². The van der Waals surface area contributed by atoms with Crippen LogP contribution in [0.2, 0.25) is 0 Å². The highest BCUT2D eigenvalue weighted by atomic mass is 32.2. The summed E-state index contributed by atoms with van der Waals surface area (Å²) in [5.41, 5.74) is 14.1. The molecule has 0 bridgehead atoms. The Morgan fingerprint density at radius 1 is 1.14 bits per heavy atom. The number of amidine groups is 1. The van der Waals surface area contributed by atoms with Crippen molar-refractivity contribution in [2.24, 2.45) is 38.5 Å². The van der Waals surface area contributed by atoms with E-state index in [1.54, 1.807) is 0 Å². The number of allylic oxidation sites excluding steroid dienone is 4. The predicted octanol–water partition coefficient (Wildman–Crippen LogP) is 7.30. The van der Waals surface area contributed by atoms with Crippen molar-refractivity contribution >= 4 is 24.0 Å². The molecule has 1 aromatic rings. The van der Waals surface area contributed by atoms with Crippen LogP contribution in [0, 0.1) is 29.6 Å². The number of pyridine rings is 1. The standard InChI is InChI=1S/C29H43N5.C7H10N2S/c1-4-23-9-7-18-31-19-12-24(10-5-11-25-28(13-14-28)29(25)15-16-29)32-33-26(23)34-21-22(8-6-17-30)20-27(34,2)3;1-6-4-3-5-7(9-6)10-8-2/h4,7,9,12,18-19,22,25,32H,1,5-6,8,10-11,13-17,20-21,30H2,2-3H3;3-5,8H,1-2H3/b18-7+,23-9-,24-12-,31-19-,33-26+;. The van der Waals surface area contributed by atoms with Crippen LogP contribution in [0.15, 0.2) is 81.7 Å². The molecule has 2 aliphatic heterocycles. The number of hydrogen-bond acceptors (Lipinski definition) is 8. The maximum atomic E-state index is 5.80. The summed E-state index contributed by atoms with van der Waals surface area (Å²) < 4.78 is 2.97. The number of nitrogens with two attached hydrogens (primary N) is 1. The summed E-state index contributed by atoms with van der Waals surface area (Å²) in [5, 5.41) is 6.03. The molecule has 5 aliphatic rings. The second-order valence-corrected chi connectivity index (χ2v) is 14.8. The number of nitrogens with zero attached hydrogens (tertiary/aromatic N) is 4. The highest BCUT2D eigenvalue weighted by Crippen LogP contribution is 2.93. The van der Waals surface area contributed by atoms with Gasteiger partial charge < -0.3 is 10.6 Å². The number of aliphatic imine (C=N–C) groups is 1. The van der Waals surface area contributed by atoms with Crippen molar-refractivity contribution in [1.82, 2.24) is 20.0 Å². The molecular formula is C36H53N7S. The zero-order valence-corrected chi connectivity index (χ0v) is 28.1. The molecule has 0 radical (unpaired) electrons. The van der Waals surface area contributed by atoms with Crippen LogP contribution in [0.25, 0.3) is 0 Å². The van der Waals surface area contributed by atoms with E-state index < -0.39 is 0 Å². The van der Waals surface area contributed by atoms with Crippen molar-refractivity contribution in [3.8, 4) is 0 Å². The number of hydrogen-bond donors (Lipinski definition) is 3. The summed E-state index contributed by atoms with van der Waals surface area (Å²) >= 11 is 1.53. The molecule has 0 aromatic carbocycles. The van der Waals surface area contributed by atoms with Gasteiger partial charge in [-0.2, -0.15) is 5.10 Å². The highest BCUT2D eigenvalue weighted by molar-refractivity contribution is 7.97. The molecule has 4 N–H and O–H groups in total. The van der Waals surface area contributed by atoms with Gasteiger partial charge in [0, 0.05) is 41.5 Å². The average molecular weight is 616 g/mol. The third kappa shape index (κ3) is 7.40. The number of nitrogens with one attached hydrogen (secondary N) is 2. The smallest absolute Gasteiger partial charge is 0.156 e. The number of likely N-dealkylation sites (tertiary alicyclic amines) is 1. The molecule has 2 spiro atoms. The molecule has 8 heteroatoms. The van der Waals surface area contributed by atoms with Gasteiger partial charge in [-0.05, 0) is 164 Å². The third-order valence-corrected chi connectivity index (χ3v) is 11.1. The summed E-state index contributed by atoms with van der Waals surface area (Å²) in [6, 6.07) is 5.97. The van der Waals surface area contributed by atoms with Crippen LogP contribution in [0.1, 0.15) is 83.7 Å². The van der Waals surface area contributed by atoms with E-state index in [2.05, 4.69) is 57.6 Å². The summed E-state index contributed by atoms with van der Waals surface area (Å²) in [5.74, 6) is 2.62. The Kier molecular flexibility index (Phi) is 10.5. The van der Waals surface area contributed by atoms with E-state index in [9.17, 15) is 0 Å². The lowest BCUT2D eigenvalue weighted by Gasteiger charge is -2.34. The number of hydrazone groups is 1. The van der Waals surface area contributed by atoms with Gasteiger partial charge >= 0.3 is 0 Å². The predicted molar refractivity (Wildman–Crippen MR) is 186 cm³/mol. The zero-order valence-electron chi connectivity index (χ0n) is 27.3. The van der Waals surface area contributed by atoms with Gasteiger partial charge in [-0.25, -0.2) is 4.98 Å². The minimum atomic E-state index is 0.0370. The Balaban J connectivity index is 0.000000328. The second-order valence-electron chi connectivity index (χ2n) is 13.8. The maximum absolute atomic E-state index is 5.80. The van der Waals surface area contributed by atoms with Crippen LogP contribution in [0.3, 0.4) is 0 Å². The van der Waals surface area contributed by atoms with E-state index in [0.29, 0.717) is 5.92 Å². The Hall–Kier alpha value is -2.68. The summed E-state index contributed by atoms with van der Waals surface area (Å²) in [6.07, 6.45) is 24.8. The van der Waals surface area contributed by atoms with Crippen LogP contribution in [-0.4, -0.2) is 47.6 Å². The van der Waals surface area contributed by atoms with Crippen molar-refractivity contribution < 1.29 is 0 Å². The summed E-state index contributed by atoms with van der Waals surface area (Å²) in [4.78, 5) is 11.2. The van der Waals surface area contributed by atoms with E-state index in [1.807, 2.05) is 56.7 Å². The molecule has 3 heterocycles. The largest absolute Gasteiger partial charge is 0.349 e. The van der Waals surface area contributed by atoms with Gasteiger partial charge in [0.05, 0.1) is 0 Å². The molecule has 3 saturated carbocycles. The fourth-order valence-electron chi connectivity index (χ4n) is 8.09. The molecule has 7 nitrogen and oxygen atoms in total. The first-order valence-electron chi connectivity index (χ1n) is 16.6. The molecule has 1 unspecified atom stereocenters. The number of aromatic nitrogens is 1. The van der Waals surface area contributed by atoms with Crippen LogP contribution in [0.5, 0.6) is 0 Å². The average Bonchev–Trinajstić information content (AvgIpc) is 3.94. The van der Waals surface area contributed by atoms with Crippen LogP contribution >= 0.6 is 11.9 Å². The van der Waals surface area contributed by atoms with Crippen LogP contribution in [-0.2, 0) is 0 Å². The normalized spacial score (nSPS) is 29.0. The lowest BCUT2D eigenvalue weighted by molar-refractivity contribution is 0.281. The van der Waals surface area contributed by atoms with Gasteiger partial charge in [0.25, 0.3) is 0 Å². The minimum Gasteiger partial charge on any atom is -0.349 e. The molecular weight excluding hydrogens is 563 g/mol. The fourth-order valence-corrected chi connectivity index (χ4v) is 8.63. The number of aryl methyl sites for hydroxylation is 1. The second kappa shape index (κ2) is 14.2. The SMILES string of the molecule is C=CC1=C/C=C/N=C\C=C(\CCCC2C3(CC3)C23CC3)N/N=C\1N1CC(CCCN)CC1(C)C.CNSc1cccc(C)n1. The van der Waals surface area contributed by atoms with Crippen molar-refractivity contribution in [2.45, 2.75) is 95.5 Å².